The van der Waals surface area contributed by atoms with Crippen LogP contribution in [0.5, 0.6) is 0 Å². The highest BCUT2D eigenvalue weighted by Gasteiger charge is 2.19. The van der Waals surface area contributed by atoms with E-state index in [0.717, 1.165) is 31.2 Å². The molecule has 1 aromatic rings. The Morgan fingerprint density at radius 3 is 2.65 bits per heavy atom. The number of para-hydroxylation sites is 1. The molecule has 7 heteroatoms. The lowest BCUT2D eigenvalue weighted by molar-refractivity contribution is -0.123. The normalized spacial score (nSPS) is 14.3. The monoisotopic (exact) mass is 319 g/mol. The number of nitrogens with two attached hydrogens (primary N) is 1. The van der Waals surface area contributed by atoms with Crippen LogP contribution >= 0.6 is 0 Å². The first-order valence-electron chi connectivity index (χ1n) is 7.60. The van der Waals surface area contributed by atoms with Crippen molar-refractivity contribution < 1.29 is 19.1 Å². The summed E-state index contributed by atoms with van der Waals surface area (Å²) in [4.78, 5) is 35.2. The fourth-order valence-corrected chi connectivity index (χ4v) is 2.52. The van der Waals surface area contributed by atoms with E-state index in [9.17, 15) is 14.4 Å². The number of ether oxygens (including phenoxy) is 1. The van der Waals surface area contributed by atoms with Crippen LogP contribution in [0.25, 0.3) is 0 Å². The summed E-state index contributed by atoms with van der Waals surface area (Å²) < 4.78 is 4.89. The van der Waals surface area contributed by atoms with E-state index < -0.39 is 24.5 Å². The molecule has 0 saturated heterocycles. The van der Waals surface area contributed by atoms with E-state index in [1.165, 1.54) is 6.07 Å². The Morgan fingerprint density at radius 1 is 1.26 bits per heavy atom. The molecule has 0 heterocycles. The summed E-state index contributed by atoms with van der Waals surface area (Å²) >= 11 is 0. The summed E-state index contributed by atoms with van der Waals surface area (Å²) in [7, 11) is 0. The molecule has 0 unspecified atom stereocenters. The van der Waals surface area contributed by atoms with Gasteiger partial charge in [0.25, 0.3) is 5.91 Å². The predicted molar refractivity (Wildman–Crippen MR) is 84.8 cm³/mol. The third-order valence-corrected chi connectivity index (χ3v) is 3.82. The Balaban J connectivity index is 1.78. The number of nitrogens with one attached hydrogen (secondary N) is 2. The third kappa shape index (κ3) is 4.70. The molecule has 23 heavy (non-hydrogen) atoms. The van der Waals surface area contributed by atoms with Crippen molar-refractivity contribution in [2.24, 2.45) is 0 Å². The molecule has 1 saturated carbocycles. The van der Waals surface area contributed by atoms with Crippen LogP contribution in [-0.2, 0) is 9.53 Å². The first kappa shape index (κ1) is 16.8. The molecule has 0 spiro atoms. The molecule has 1 aromatic carbocycles. The molecule has 0 radical (unpaired) electrons. The van der Waals surface area contributed by atoms with E-state index in [4.69, 9.17) is 10.5 Å². The number of rotatable bonds is 4. The summed E-state index contributed by atoms with van der Waals surface area (Å²) in [6, 6.07) is 4.52. The Labute approximate surface area is 134 Å². The van der Waals surface area contributed by atoms with Gasteiger partial charge in [-0.05, 0) is 31.4 Å². The summed E-state index contributed by atoms with van der Waals surface area (Å²) in [6.07, 6.45) is 4.00. The number of carbonyl (C=O) groups excluding carboxylic acids is 3. The molecular formula is C16H21N3O4. The van der Waals surface area contributed by atoms with E-state index in [1.807, 2.05) is 0 Å². The van der Waals surface area contributed by atoms with Crippen LogP contribution in [0.1, 0.15) is 41.6 Å². The maximum atomic E-state index is 11.9. The van der Waals surface area contributed by atoms with Crippen molar-refractivity contribution >= 4 is 23.6 Å². The zero-order valence-corrected chi connectivity index (χ0v) is 13.1. The average molecular weight is 319 g/mol. The number of nitrogen functional groups attached to an aromatic ring is 1. The fraction of sp³-hybridized carbons (Fsp3) is 0.438. The number of aryl methyl sites for hydroxylation is 1. The van der Waals surface area contributed by atoms with E-state index in [1.54, 1.807) is 19.1 Å². The fourth-order valence-electron chi connectivity index (χ4n) is 2.52. The highest BCUT2D eigenvalue weighted by molar-refractivity contribution is 5.99. The van der Waals surface area contributed by atoms with Gasteiger partial charge in [-0.2, -0.15) is 0 Å². The smallest absolute Gasteiger partial charge is 0.340 e. The summed E-state index contributed by atoms with van der Waals surface area (Å²) in [5, 5.41) is 4.86. The van der Waals surface area contributed by atoms with Gasteiger partial charge in [0, 0.05) is 11.7 Å². The average Bonchev–Trinajstić information content (AvgIpc) is 3.00. The van der Waals surface area contributed by atoms with Crippen LogP contribution in [0.15, 0.2) is 18.2 Å². The van der Waals surface area contributed by atoms with Gasteiger partial charge >= 0.3 is 12.0 Å². The molecule has 0 atom stereocenters. The lowest BCUT2D eigenvalue weighted by Gasteiger charge is -2.12. The van der Waals surface area contributed by atoms with Crippen LogP contribution in [0.3, 0.4) is 0 Å². The molecular weight excluding hydrogens is 298 g/mol. The number of imide groups is 1. The lowest BCUT2D eigenvalue weighted by atomic mass is 10.1. The largest absolute Gasteiger partial charge is 0.452 e. The standard InChI is InChI=1S/C16H21N3O4/c1-10-5-4-8-12(14(10)17)15(21)23-9-13(20)19-16(22)18-11-6-2-3-7-11/h4-5,8,11H,2-3,6-7,9,17H2,1H3,(H2,18,19,20,22). The molecule has 0 aromatic heterocycles. The van der Waals surface area contributed by atoms with E-state index in [2.05, 4.69) is 10.6 Å². The number of urea groups is 1. The molecule has 2 rings (SSSR count). The maximum absolute atomic E-state index is 11.9. The second kappa shape index (κ2) is 7.62. The van der Waals surface area contributed by atoms with Crippen LogP contribution in [0.4, 0.5) is 10.5 Å². The van der Waals surface area contributed by atoms with Crippen molar-refractivity contribution in [3.63, 3.8) is 0 Å². The molecule has 4 N–H and O–H groups in total. The van der Waals surface area contributed by atoms with Gasteiger partial charge in [0.05, 0.1) is 5.56 Å². The van der Waals surface area contributed by atoms with Gasteiger partial charge in [-0.3, -0.25) is 10.1 Å². The number of anilines is 1. The number of benzene rings is 1. The Morgan fingerprint density at radius 2 is 1.96 bits per heavy atom. The second-order valence-corrected chi connectivity index (χ2v) is 5.62. The van der Waals surface area contributed by atoms with Crippen molar-refractivity contribution in [1.82, 2.24) is 10.6 Å². The first-order valence-corrected chi connectivity index (χ1v) is 7.60. The minimum atomic E-state index is -0.697. The van der Waals surface area contributed by atoms with Gasteiger partial charge in [0.15, 0.2) is 6.61 Å². The molecule has 7 nitrogen and oxygen atoms in total. The summed E-state index contributed by atoms with van der Waals surface area (Å²) in [5.41, 5.74) is 7.06. The van der Waals surface area contributed by atoms with Crippen molar-refractivity contribution in [1.29, 1.82) is 0 Å². The molecule has 0 aliphatic heterocycles. The number of amides is 3. The maximum Gasteiger partial charge on any atom is 0.340 e. The zero-order valence-electron chi connectivity index (χ0n) is 13.1. The van der Waals surface area contributed by atoms with Crippen molar-refractivity contribution in [2.75, 3.05) is 12.3 Å². The Kier molecular flexibility index (Phi) is 5.56. The number of esters is 1. The van der Waals surface area contributed by atoms with Crippen LogP contribution in [0.2, 0.25) is 0 Å². The second-order valence-electron chi connectivity index (χ2n) is 5.62. The van der Waals surface area contributed by atoms with Gasteiger partial charge in [0.1, 0.15) is 0 Å². The van der Waals surface area contributed by atoms with Gasteiger partial charge < -0.3 is 15.8 Å². The van der Waals surface area contributed by atoms with Crippen LogP contribution in [0, 0.1) is 6.92 Å². The van der Waals surface area contributed by atoms with Gasteiger partial charge in [-0.1, -0.05) is 25.0 Å². The highest BCUT2D eigenvalue weighted by Crippen LogP contribution is 2.18. The highest BCUT2D eigenvalue weighted by atomic mass is 16.5. The van der Waals surface area contributed by atoms with Crippen molar-refractivity contribution in [3.8, 4) is 0 Å². The minimum absolute atomic E-state index is 0.109. The minimum Gasteiger partial charge on any atom is -0.452 e. The predicted octanol–water partition coefficient (Wildman–Crippen LogP) is 1.50. The van der Waals surface area contributed by atoms with Gasteiger partial charge in [-0.15, -0.1) is 0 Å². The number of hydrogen-bond acceptors (Lipinski definition) is 5. The zero-order chi connectivity index (χ0) is 16.8. The van der Waals surface area contributed by atoms with Gasteiger partial charge in [-0.25, -0.2) is 9.59 Å². The SMILES string of the molecule is Cc1cccc(C(=O)OCC(=O)NC(=O)NC2CCCC2)c1N. The quantitative estimate of drug-likeness (QED) is 0.575. The van der Waals surface area contributed by atoms with Crippen molar-refractivity contribution in [2.45, 2.75) is 38.6 Å². The molecule has 3 amide bonds. The topological polar surface area (TPSA) is 111 Å². The molecule has 1 aliphatic carbocycles. The van der Waals surface area contributed by atoms with E-state index in [0.29, 0.717) is 5.69 Å². The number of hydrogen-bond donors (Lipinski definition) is 3. The Bertz CT molecular complexity index is 609. The summed E-state index contributed by atoms with van der Waals surface area (Å²) in [6.45, 7) is 1.23. The summed E-state index contributed by atoms with van der Waals surface area (Å²) in [5.74, 6) is -1.38. The molecule has 1 aliphatic rings. The molecule has 1 fully saturated rings. The third-order valence-electron chi connectivity index (χ3n) is 3.82. The Hall–Kier alpha value is -2.57. The van der Waals surface area contributed by atoms with Crippen molar-refractivity contribution in [3.05, 3.63) is 29.3 Å². The molecule has 124 valence electrons. The van der Waals surface area contributed by atoms with Crippen LogP contribution in [-0.4, -0.2) is 30.6 Å². The number of carbonyl (C=O) groups is 3. The lowest BCUT2D eigenvalue weighted by Crippen LogP contribution is -2.45. The van der Waals surface area contributed by atoms with Gasteiger partial charge in [0.2, 0.25) is 0 Å². The van der Waals surface area contributed by atoms with Crippen LogP contribution < -0.4 is 16.4 Å². The molecule has 0 bridgehead atoms. The van der Waals surface area contributed by atoms with E-state index in [-0.39, 0.29) is 11.6 Å². The van der Waals surface area contributed by atoms with E-state index >= 15 is 0 Å². The first-order chi connectivity index (χ1) is 11.0.